The Balaban J connectivity index is 2.41. The van der Waals surface area contributed by atoms with Crippen LogP contribution in [0.4, 0.5) is 0 Å². The number of hydrogen-bond acceptors (Lipinski definition) is 4. The summed E-state index contributed by atoms with van der Waals surface area (Å²) in [6.45, 7) is 9.83. The van der Waals surface area contributed by atoms with Crippen molar-refractivity contribution in [3.8, 4) is 0 Å². The maximum absolute atomic E-state index is 5.31. The van der Waals surface area contributed by atoms with Gasteiger partial charge in [-0.1, -0.05) is 32.9 Å². The van der Waals surface area contributed by atoms with Gasteiger partial charge in [-0.25, -0.2) is 0 Å². The van der Waals surface area contributed by atoms with E-state index in [9.17, 15) is 0 Å². The fraction of sp³-hybridized carbons (Fsp3) is 0.857. The minimum absolute atomic E-state index is 0.448. The molecule has 4 nitrogen and oxygen atoms in total. The summed E-state index contributed by atoms with van der Waals surface area (Å²) in [5.74, 6) is 2.30. The van der Waals surface area contributed by atoms with Gasteiger partial charge in [-0.05, 0) is 31.7 Å². The van der Waals surface area contributed by atoms with Gasteiger partial charge >= 0.3 is 0 Å². The highest BCUT2D eigenvalue weighted by molar-refractivity contribution is 4.89. The quantitative estimate of drug-likeness (QED) is 0.735. The van der Waals surface area contributed by atoms with E-state index >= 15 is 0 Å². The molecular weight excluding hydrogens is 226 g/mol. The van der Waals surface area contributed by atoms with Crippen LogP contribution in [0.15, 0.2) is 4.52 Å². The molecule has 0 radical (unpaired) electrons. The van der Waals surface area contributed by atoms with E-state index in [1.54, 1.807) is 0 Å². The van der Waals surface area contributed by atoms with Crippen molar-refractivity contribution in [2.45, 2.75) is 65.8 Å². The minimum Gasteiger partial charge on any atom is -0.339 e. The number of nitrogens with one attached hydrogen (secondary N) is 1. The van der Waals surface area contributed by atoms with Crippen LogP contribution >= 0.6 is 0 Å². The number of aromatic nitrogens is 2. The summed E-state index contributed by atoms with van der Waals surface area (Å²) in [7, 11) is 0. The first-order valence-electron chi connectivity index (χ1n) is 7.20. The summed E-state index contributed by atoms with van der Waals surface area (Å²) < 4.78 is 5.31. The Morgan fingerprint density at radius 3 is 2.67 bits per heavy atom. The molecule has 0 aromatic carbocycles. The minimum atomic E-state index is 0.448. The standard InChI is InChI=1S/C14H27N3O/c1-5-9-15-12(6-2)10-14-16-13(17-18-14)8-7-11(3)4/h11-12,15H,5-10H2,1-4H3. The third-order valence-electron chi connectivity index (χ3n) is 3.05. The second-order valence-corrected chi connectivity index (χ2v) is 5.30. The SMILES string of the molecule is CCCNC(CC)Cc1nc(CCC(C)C)no1. The molecule has 0 saturated carbocycles. The van der Waals surface area contributed by atoms with E-state index in [0.29, 0.717) is 12.0 Å². The van der Waals surface area contributed by atoms with Crippen molar-refractivity contribution in [3.63, 3.8) is 0 Å². The normalized spacial score (nSPS) is 13.2. The van der Waals surface area contributed by atoms with Gasteiger partial charge in [0.15, 0.2) is 5.82 Å². The zero-order valence-electron chi connectivity index (χ0n) is 12.2. The molecule has 0 amide bonds. The van der Waals surface area contributed by atoms with Crippen LogP contribution in [-0.2, 0) is 12.8 Å². The molecule has 1 N–H and O–H groups in total. The van der Waals surface area contributed by atoms with Gasteiger partial charge in [0.2, 0.25) is 5.89 Å². The highest BCUT2D eigenvalue weighted by Crippen LogP contribution is 2.08. The van der Waals surface area contributed by atoms with E-state index in [0.717, 1.165) is 50.4 Å². The highest BCUT2D eigenvalue weighted by atomic mass is 16.5. The summed E-state index contributed by atoms with van der Waals surface area (Å²) in [4.78, 5) is 4.46. The van der Waals surface area contributed by atoms with Crippen molar-refractivity contribution >= 4 is 0 Å². The van der Waals surface area contributed by atoms with Gasteiger partial charge in [0.1, 0.15) is 0 Å². The van der Waals surface area contributed by atoms with Gasteiger partial charge in [-0.2, -0.15) is 4.98 Å². The molecule has 1 rings (SSSR count). The molecule has 1 atom stereocenters. The lowest BCUT2D eigenvalue weighted by molar-refractivity contribution is 0.349. The van der Waals surface area contributed by atoms with E-state index in [4.69, 9.17) is 4.52 Å². The lowest BCUT2D eigenvalue weighted by atomic mass is 10.1. The van der Waals surface area contributed by atoms with E-state index < -0.39 is 0 Å². The van der Waals surface area contributed by atoms with Gasteiger partial charge in [-0.3, -0.25) is 0 Å². The van der Waals surface area contributed by atoms with Crippen LogP contribution in [0.3, 0.4) is 0 Å². The Kier molecular flexibility index (Phi) is 6.94. The maximum Gasteiger partial charge on any atom is 0.228 e. The summed E-state index contributed by atoms with van der Waals surface area (Å²) in [6, 6.07) is 0.448. The molecule has 0 saturated heterocycles. The molecule has 1 heterocycles. The average molecular weight is 253 g/mol. The Morgan fingerprint density at radius 1 is 1.28 bits per heavy atom. The van der Waals surface area contributed by atoms with Crippen LogP contribution < -0.4 is 5.32 Å². The monoisotopic (exact) mass is 253 g/mol. The van der Waals surface area contributed by atoms with Gasteiger partial charge in [0.25, 0.3) is 0 Å². The summed E-state index contributed by atoms with van der Waals surface area (Å²) in [6.07, 6.45) is 5.11. The van der Waals surface area contributed by atoms with Crippen molar-refractivity contribution in [3.05, 3.63) is 11.7 Å². The van der Waals surface area contributed by atoms with E-state index in [1.807, 2.05) is 0 Å². The Morgan fingerprint density at radius 2 is 2.06 bits per heavy atom. The van der Waals surface area contributed by atoms with Crippen LogP contribution in [0.2, 0.25) is 0 Å². The second kappa shape index (κ2) is 8.25. The average Bonchev–Trinajstić information content (AvgIpc) is 2.79. The zero-order valence-corrected chi connectivity index (χ0v) is 12.2. The predicted octanol–water partition coefficient (Wildman–Crippen LogP) is 2.98. The van der Waals surface area contributed by atoms with E-state index in [1.165, 1.54) is 0 Å². The number of nitrogens with zero attached hydrogens (tertiary/aromatic N) is 2. The predicted molar refractivity (Wildman–Crippen MR) is 73.5 cm³/mol. The lowest BCUT2D eigenvalue weighted by Crippen LogP contribution is -2.31. The van der Waals surface area contributed by atoms with Gasteiger partial charge in [0, 0.05) is 18.9 Å². The van der Waals surface area contributed by atoms with Crippen molar-refractivity contribution in [2.75, 3.05) is 6.54 Å². The van der Waals surface area contributed by atoms with Crippen molar-refractivity contribution in [2.24, 2.45) is 5.92 Å². The van der Waals surface area contributed by atoms with Crippen LogP contribution in [0.1, 0.15) is 58.7 Å². The molecule has 0 aliphatic heterocycles. The first kappa shape index (κ1) is 15.2. The fourth-order valence-corrected chi connectivity index (χ4v) is 1.81. The molecule has 0 aliphatic rings. The molecule has 0 spiro atoms. The Hall–Kier alpha value is -0.900. The summed E-state index contributed by atoms with van der Waals surface area (Å²) >= 11 is 0. The van der Waals surface area contributed by atoms with Crippen LogP contribution in [0, 0.1) is 5.92 Å². The first-order chi connectivity index (χ1) is 8.65. The number of hydrogen-bond donors (Lipinski definition) is 1. The highest BCUT2D eigenvalue weighted by Gasteiger charge is 2.12. The summed E-state index contributed by atoms with van der Waals surface area (Å²) in [5.41, 5.74) is 0. The van der Waals surface area contributed by atoms with Gasteiger partial charge < -0.3 is 9.84 Å². The van der Waals surface area contributed by atoms with Crippen molar-refractivity contribution in [1.82, 2.24) is 15.5 Å². The first-order valence-corrected chi connectivity index (χ1v) is 7.20. The molecular formula is C14H27N3O. The summed E-state index contributed by atoms with van der Waals surface area (Å²) in [5, 5.41) is 7.54. The van der Waals surface area contributed by atoms with Crippen molar-refractivity contribution < 1.29 is 4.52 Å². The number of aryl methyl sites for hydroxylation is 1. The third kappa shape index (κ3) is 5.63. The largest absolute Gasteiger partial charge is 0.339 e. The number of rotatable bonds is 9. The lowest BCUT2D eigenvalue weighted by Gasteiger charge is -2.13. The van der Waals surface area contributed by atoms with Crippen LogP contribution in [-0.4, -0.2) is 22.7 Å². The molecule has 0 fully saturated rings. The molecule has 0 bridgehead atoms. The third-order valence-corrected chi connectivity index (χ3v) is 3.05. The topological polar surface area (TPSA) is 51.0 Å². The zero-order chi connectivity index (χ0) is 13.4. The molecule has 1 aromatic heterocycles. The molecule has 4 heteroatoms. The smallest absolute Gasteiger partial charge is 0.228 e. The van der Waals surface area contributed by atoms with Gasteiger partial charge in [0.05, 0.1) is 0 Å². The maximum atomic E-state index is 5.31. The second-order valence-electron chi connectivity index (χ2n) is 5.30. The van der Waals surface area contributed by atoms with Gasteiger partial charge in [-0.15, -0.1) is 0 Å². The van der Waals surface area contributed by atoms with E-state index in [2.05, 4.69) is 43.2 Å². The Labute approximate surface area is 111 Å². The van der Waals surface area contributed by atoms with Crippen LogP contribution in [0.5, 0.6) is 0 Å². The molecule has 1 unspecified atom stereocenters. The molecule has 18 heavy (non-hydrogen) atoms. The van der Waals surface area contributed by atoms with Crippen molar-refractivity contribution in [1.29, 1.82) is 0 Å². The molecule has 1 aromatic rings. The van der Waals surface area contributed by atoms with E-state index in [-0.39, 0.29) is 0 Å². The van der Waals surface area contributed by atoms with Crippen LogP contribution in [0.25, 0.3) is 0 Å². The molecule has 104 valence electrons. The molecule has 0 aliphatic carbocycles. The Bertz CT molecular complexity index is 323. The fourth-order valence-electron chi connectivity index (χ4n) is 1.81.